The number of aryl methyl sites for hydroxylation is 2. The van der Waals surface area contributed by atoms with Gasteiger partial charge in [0.15, 0.2) is 0 Å². The summed E-state index contributed by atoms with van der Waals surface area (Å²) in [5.74, 6) is -0.165. The predicted octanol–water partition coefficient (Wildman–Crippen LogP) is 2.38. The van der Waals surface area contributed by atoms with Crippen molar-refractivity contribution >= 4 is 11.8 Å². The Balaban J connectivity index is 1.96. The number of pyridine rings is 1. The maximum Gasteiger partial charge on any atom is 0.308 e. The molecule has 5 heteroatoms. The van der Waals surface area contributed by atoms with Gasteiger partial charge in [0.25, 0.3) is 0 Å². The Kier molecular flexibility index (Phi) is 4.02. The summed E-state index contributed by atoms with van der Waals surface area (Å²) in [5.41, 5.74) is 2.86. The van der Waals surface area contributed by atoms with E-state index < -0.39 is 5.97 Å². The Hall–Kier alpha value is -2.09. The third-order valence-electron chi connectivity index (χ3n) is 4.71. The van der Waals surface area contributed by atoms with Crippen molar-refractivity contribution in [3.63, 3.8) is 0 Å². The number of piperidine rings is 1. The molecule has 0 bridgehead atoms. The standard InChI is InChI=1S/C17H21N3O2/c1-11-6-14(17(21)22)10-20(9-11)16-13(8-18)7-12-4-2-3-5-15(12)19-16/h7,11,14H,2-6,9-10H2,1H3,(H,21,22). The fourth-order valence-electron chi connectivity index (χ4n) is 3.65. The van der Waals surface area contributed by atoms with E-state index in [0.717, 1.165) is 37.9 Å². The quantitative estimate of drug-likeness (QED) is 0.907. The smallest absolute Gasteiger partial charge is 0.308 e. The van der Waals surface area contributed by atoms with Gasteiger partial charge in [0, 0.05) is 18.8 Å². The van der Waals surface area contributed by atoms with Crippen molar-refractivity contribution in [2.24, 2.45) is 11.8 Å². The van der Waals surface area contributed by atoms with Gasteiger partial charge in [-0.3, -0.25) is 4.79 Å². The summed E-state index contributed by atoms with van der Waals surface area (Å²) in [5, 5.41) is 18.8. The van der Waals surface area contributed by atoms with Crippen LogP contribution in [0.3, 0.4) is 0 Å². The first-order valence-electron chi connectivity index (χ1n) is 7.99. The van der Waals surface area contributed by atoms with Gasteiger partial charge in [-0.2, -0.15) is 5.26 Å². The minimum absolute atomic E-state index is 0.291. The Morgan fingerprint density at radius 3 is 2.91 bits per heavy atom. The van der Waals surface area contributed by atoms with Crippen LogP contribution in [0.25, 0.3) is 0 Å². The zero-order valence-corrected chi connectivity index (χ0v) is 12.9. The van der Waals surface area contributed by atoms with Gasteiger partial charge in [0.2, 0.25) is 0 Å². The van der Waals surface area contributed by atoms with Crippen LogP contribution >= 0.6 is 0 Å². The maximum absolute atomic E-state index is 11.4. The molecule has 0 aromatic carbocycles. The van der Waals surface area contributed by atoms with Gasteiger partial charge in [-0.05, 0) is 49.7 Å². The predicted molar refractivity (Wildman–Crippen MR) is 82.7 cm³/mol. The molecule has 2 heterocycles. The van der Waals surface area contributed by atoms with Crippen molar-refractivity contribution in [3.05, 3.63) is 22.9 Å². The van der Waals surface area contributed by atoms with Gasteiger partial charge in [-0.15, -0.1) is 0 Å². The molecule has 1 saturated heterocycles. The SMILES string of the molecule is CC1CC(C(=O)O)CN(c2nc3c(cc2C#N)CCCC3)C1. The van der Waals surface area contributed by atoms with Crippen molar-refractivity contribution in [1.29, 1.82) is 5.26 Å². The second-order valence-corrected chi connectivity index (χ2v) is 6.57. The second kappa shape index (κ2) is 5.96. The summed E-state index contributed by atoms with van der Waals surface area (Å²) in [6.07, 6.45) is 4.93. The number of hydrogen-bond acceptors (Lipinski definition) is 4. The largest absolute Gasteiger partial charge is 0.481 e. The third kappa shape index (κ3) is 2.78. The van der Waals surface area contributed by atoms with Crippen LogP contribution in [-0.2, 0) is 17.6 Å². The summed E-state index contributed by atoms with van der Waals surface area (Å²) in [7, 11) is 0. The molecule has 2 atom stereocenters. The average molecular weight is 299 g/mol. The molecule has 1 aromatic rings. The van der Waals surface area contributed by atoms with E-state index in [1.54, 1.807) is 0 Å². The van der Waals surface area contributed by atoms with Crippen LogP contribution in [0.2, 0.25) is 0 Å². The van der Waals surface area contributed by atoms with E-state index in [4.69, 9.17) is 4.98 Å². The Labute approximate surface area is 130 Å². The van der Waals surface area contributed by atoms with Crippen molar-refractivity contribution < 1.29 is 9.90 Å². The first kappa shape index (κ1) is 14.8. The Bertz CT molecular complexity index is 636. The number of carboxylic acid groups (broad SMARTS) is 1. The summed E-state index contributed by atoms with van der Waals surface area (Å²) in [6.45, 7) is 3.27. The number of carbonyl (C=O) groups is 1. The lowest BCUT2D eigenvalue weighted by molar-refractivity contribution is -0.142. The molecule has 3 rings (SSSR count). The van der Waals surface area contributed by atoms with Crippen molar-refractivity contribution in [1.82, 2.24) is 4.98 Å². The molecule has 116 valence electrons. The van der Waals surface area contributed by atoms with Gasteiger partial charge in [-0.1, -0.05) is 6.92 Å². The Morgan fingerprint density at radius 2 is 2.18 bits per heavy atom. The molecular formula is C17H21N3O2. The van der Waals surface area contributed by atoms with E-state index in [9.17, 15) is 15.2 Å². The zero-order valence-electron chi connectivity index (χ0n) is 12.9. The highest BCUT2D eigenvalue weighted by atomic mass is 16.4. The molecule has 0 spiro atoms. The molecule has 1 fully saturated rings. The van der Waals surface area contributed by atoms with Gasteiger partial charge in [-0.25, -0.2) is 4.98 Å². The minimum Gasteiger partial charge on any atom is -0.481 e. The Morgan fingerprint density at radius 1 is 1.41 bits per heavy atom. The molecule has 2 unspecified atom stereocenters. The molecule has 22 heavy (non-hydrogen) atoms. The average Bonchev–Trinajstić information content (AvgIpc) is 2.52. The van der Waals surface area contributed by atoms with Crippen LogP contribution in [-0.4, -0.2) is 29.1 Å². The first-order valence-corrected chi connectivity index (χ1v) is 7.99. The monoisotopic (exact) mass is 299 g/mol. The summed E-state index contributed by atoms with van der Waals surface area (Å²) < 4.78 is 0. The molecule has 0 radical (unpaired) electrons. The van der Waals surface area contributed by atoms with Gasteiger partial charge in [0.1, 0.15) is 11.9 Å². The number of rotatable bonds is 2. The number of carboxylic acids is 1. The van der Waals surface area contributed by atoms with Crippen LogP contribution in [0.1, 0.15) is 43.0 Å². The second-order valence-electron chi connectivity index (χ2n) is 6.57. The summed E-state index contributed by atoms with van der Waals surface area (Å²) in [6, 6.07) is 4.21. The normalized spacial score (nSPS) is 24.5. The van der Waals surface area contributed by atoms with Crippen molar-refractivity contribution in [2.45, 2.75) is 39.0 Å². The van der Waals surface area contributed by atoms with Gasteiger partial charge >= 0.3 is 5.97 Å². The highest BCUT2D eigenvalue weighted by molar-refractivity contribution is 5.71. The van der Waals surface area contributed by atoms with E-state index in [-0.39, 0.29) is 5.92 Å². The first-order chi connectivity index (χ1) is 10.6. The summed E-state index contributed by atoms with van der Waals surface area (Å²) >= 11 is 0. The van der Waals surface area contributed by atoms with Gasteiger partial charge < -0.3 is 10.0 Å². The molecule has 1 aromatic heterocycles. The van der Waals surface area contributed by atoms with Crippen LogP contribution < -0.4 is 4.90 Å². The highest BCUT2D eigenvalue weighted by Gasteiger charge is 2.31. The number of fused-ring (bicyclic) bond motifs is 1. The minimum atomic E-state index is -0.756. The van der Waals surface area contributed by atoms with Crippen LogP contribution in [0.4, 0.5) is 5.82 Å². The number of nitriles is 1. The lowest BCUT2D eigenvalue weighted by atomic mass is 9.90. The molecule has 1 N–H and O–H groups in total. The third-order valence-corrected chi connectivity index (χ3v) is 4.71. The molecule has 2 aliphatic rings. The summed E-state index contributed by atoms with van der Waals surface area (Å²) in [4.78, 5) is 18.1. The van der Waals surface area contributed by atoms with Crippen LogP contribution in [0, 0.1) is 23.2 Å². The van der Waals surface area contributed by atoms with Crippen LogP contribution in [0.15, 0.2) is 6.07 Å². The fraction of sp³-hybridized carbons (Fsp3) is 0.588. The van der Waals surface area contributed by atoms with E-state index in [1.165, 1.54) is 5.56 Å². The van der Waals surface area contributed by atoms with Crippen LogP contribution in [0.5, 0.6) is 0 Å². The fourth-order valence-corrected chi connectivity index (χ4v) is 3.65. The number of anilines is 1. The number of nitrogens with zero attached hydrogens (tertiary/aromatic N) is 3. The van der Waals surface area contributed by atoms with E-state index in [1.807, 2.05) is 11.0 Å². The van der Waals surface area contributed by atoms with Crippen molar-refractivity contribution in [3.8, 4) is 6.07 Å². The molecule has 1 aliphatic heterocycles. The molecular weight excluding hydrogens is 278 g/mol. The van der Waals surface area contributed by atoms with E-state index >= 15 is 0 Å². The lowest BCUT2D eigenvalue weighted by Gasteiger charge is -2.36. The topological polar surface area (TPSA) is 77.2 Å². The van der Waals surface area contributed by atoms with Crippen molar-refractivity contribution in [2.75, 3.05) is 18.0 Å². The number of aromatic nitrogens is 1. The molecule has 0 saturated carbocycles. The van der Waals surface area contributed by atoms with E-state index in [2.05, 4.69) is 13.0 Å². The number of hydrogen-bond donors (Lipinski definition) is 1. The maximum atomic E-state index is 11.4. The zero-order chi connectivity index (χ0) is 15.7. The molecule has 5 nitrogen and oxygen atoms in total. The molecule has 1 aliphatic carbocycles. The van der Waals surface area contributed by atoms with E-state index in [0.29, 0.717) is 30.3 Å². The van der Waals surface area contributed by atoms with Gasteiger partial charge in [0.05, 0.1) is 11.5 Å². The lowest BCUT2D eigenvalue weighted by Crippen LogP contribution is -2.43. The number of aliphatic carboxylic acids is 1. The highest BCUT2D eigenvalue weighted by Crippen LogP contribution is 2.30. The molecule has 0 amide bonds.